The van der Waals surface area contributed by atoms with Crippen LogP contribution in [0.4, 0.5) is 5.82 Å². The average Bonchev–Trinajstić information content (AvgIpc) is 3.64. The number of carbonyl (C=O) groups is 2. The second kappa shape index (κ2) is 41.2. The van der Waals surface area contributed by atoms with Crippen LogP contribution in [0.3, 0.4) is 0 Å². The van der Waals surface area contributed by atoms with Crippen LogP contribution >= 0.6 is 15.6 Å². The summed E-state index contributed by atoms with van der Waals surface area (Å²) >= 11 is 0. The molecule has 1 aromatic heterocycles. The predicted octanol–water partition coefficient (Wildman–Crippen LogP) is 10.9. The first-order valence-corrected chi connectivity index (χ1v) is 30.4. The van der Waals surface area contributed by atoms with Crippen LogP contribution in [0.15, 0.2) is 90.0 Å². The maximum Gasteiger partial charge on any atom is 0.481 e. The van der Waals surface area contributed by atoms with Crippen LogP contribution < -0.4 is 11.4 Å². The molecule has 76 heavy (non-hydrogen) atoms. The van der Waals surface area contributed by atoms with Crippen molar-refractivity contribution in [1.29, 1.82) is 0 Å². The number of phosphoric acid groups is 2. The summed E-state index contributed by atoms with van der Waals surface area (Å²) in [4.78, 5) is 62.0. The number of nitrogens with zero attached hydrogens (tertiary/aromatic N) is 2. The summed E-state index contributed by atoms with van der Waals surface area (Å²) in [7, 11) is -10.9. The lowest BCUT2D eigenvalue weighted by Crippen LogP contribution is -2.36. The minimum Gasteiger partial charge on any atom is -0.462 e. The zero-order valence-electron chi connectivity index (χ0n) is 45.3. The van der Waals surface area contributed by atoms with E-state index in [1.807, 2.05) is 54.7 Å². The number of nitrogens with two attached hydrogens (primary N) is 1. The molecule has 19 nitrogen and oxygen atoms in total. The molecule has 0 radical (unpaired) electrons. The quantitative estimate of drug-likeness (QED) is 0.0116. The molecule has 0 aliphatic carbocycles. The third-order valence-electron chi connectivity index (χ3n) is 12.1. The molecular weight excluding hydrogens is 1020 g/mol. The van der Waals surface area contributed by atoms with E-state index in [9.17, 15) is 48.6 Å². The van der Waals surface area contributed by atoms with E-state index in [-0.39, 0.29) is 18.7 Å². The predicted molar refractivity (Wildman–Crippen MR) is 294 cm³/mol. The number of unbranched alkanes of at least 4 members (excludes halogenated alkanes) is 14. The summed E-state index contributed by atoms with van der Waals surface area (Å²) in [5.41, 5.74) is 4.58. The SMILES string of the molecule is CC/C=C\C/C=C\CC(O)/C=C/C=C\C/C=C\C/C=C\CCC(=O)OC[C@H](COP(=O)(O)OP(=O)(O)OC[C@H]1O[C@@H](n2ccc(N)nc2=O)[C@H](O)[C@@H]1O)OC(=O)CCCCCCCCCCCCCCCCCC(C)C. The fraction of sp³-hybridized carbons (Fsp3) is 0.673. The number of anilines is 1. The third kappa shape index (κ3) is 34.1. The minimum atomic E-state index is -5.45. The number of aromatic nitrogens is 2. The van der Waals surface area contributed by atoms with Crippen LogP contribution in [0, 0.1) is 5.92 Å². The number of carbonyl (C=O) groups excluding carboxylic acids is 2. The first-order chi connectivity index (χ1) is 36.4. The van der Waals surface area contributed by atoms with Gasteiger partial charge in [-0.2, -0.15) is 9.29 Å². The molecule has 1 aliphatic rings. The van der Waals surface area contributed by atoms with E-state index in [1.54, 1.807) is 6.08 Å². The van der Waals surface area contributed by atoms with Gasteiger partial charge in [-0.05, 0) is 56.9 Å². The fourth-order valence-corrected chi connectivity index (χ4v) is 9.95. The van der Waals surface area contributed by atoms with Crippen LogP contribution in [-0.4, -0.2) is 96.9 Å². The molecule has 1 saturated heterocycles. The van der Waals surface area contributed by atoms with E-state index in [1.165, 1.54) is 76.7 Å². The Labute approximate surface area is 451 Å². The second-order valence-corrected chi connectivity index (χ2v) is 22.4. The highest BCUT2D eigenvalue weighted by atomic mass is 31.3. The molecule has 8 atom stereocenters. The van der Waals surface area contributed by atoms with Crippen molar-refractivity contribution in [2.24, 2.45) is 5.92 Å². The lowest BCUT2D eigenvalue weighted by molar-refractivity contribution is -0.161. The number of aliphatic hydroxyl groups excluding tert-OH is 3. The summed E-state index contributed by atoms with van der Waals surface area (Å²) in [5, 5.41) is 31.0. The van der Waals surface area contributed by atoms with Crippen molar-refractivity contribution in [2.75, 3.05) is 25.6 Å². The van der Waals surface area contributed by atoms with Gasteiger partial charge in [-0.15, -0.1) is 0 Å². The molecular formula is C55H91N3O16P2. The van der Waals surface area contributed by atoms with Crippen LogP contribution in [-0.2, 0) is 46.3 Å². The average molecular weight is 1110 g/mol. The number of ether oxygens (including phenoxy) is 3. The molecule has 0 bridgehead atoms. The Hall–Kier alpha value is -3.84. The molecule has 2 heterocycles. The highest BCUT2D eigenvalue weighted by molar-refractivity contribution is 7.61. The Morgan fingerprint density at radius 1 is 0.737 bits per heavy atom. The molecule has 21 heteroatoms. The van der Waals surface area contributed by atoms with Gasteiger partial charge in [0, 0.05) is 19.0 Å². The van der Waals surface area contributed by atoms with Gasteiger partial charge in [-0.1, -0.05) is 190 Å². The maximum absolute atomic E-state index is 12.9. The van der Waals surface area contributed by atoms with Crippen molar-refractivity contribution >= 4 is 33.4 Å². The van der Waals surface area contributed by atoms with Gasteiger partial charge >= 0.3 is 33.3 Å². The largest absolute Gasteiger partial charge is 0.481 e. The molecule has 1 aliphatic heterocycles. The normalized spacial score (nSPS) is 19.8. The molecule has 0 amide bonds. The van der Waals surface area contributed by atoms with Gasteiger partial charge in [-0.25, -0.2) is 13.9 Å². The Morgan fingerprint density at radius 2 is 1.30 bits per heavy atom. The standard InChI is InChI=1S/C55H91N3O16P2/c1-4-5-6-7-26-31-36-46(59)37-32-27-22-18-15-16-19-23-28-33-38-50(60)69-42-47(72-51(61)39-34-29-24-20-14-12-10-8-9-11-13-17-21-25-30-35-45(2)3)43-70-75(65,66)74-76(67,68)71-44-48-52(62)53(63)54(73-48)58-41-40-49(56)57-55(58)64/h5-6,15-16,22-23,26-28,31-32,37,40-41,45-48,52-54,59,62-63H,4,7-14,17-21,24-25,29-30,33-36,38-39,42-44H2,1-3H3,(H,65,66)(H,67,68)(H2,56,57,64)/b6-5-,16-15-,27-22-,28-23-,31-26-,37-32+/t46?,47-,48-,52-,53-,54-/m1/s1. The number of rotatable bonds is 44. The Bertz CT molecular complexity index is 2090. The van der Waals surface area contributed by atoms with Crippen molar-refractivity contribution in [3.8, 4) is 0 Å². The van der Waals surface area contributed by atoms with Crippen molar-refractivity contribution in [3.05, 3.63) is 95.7 Å². The van der Waals surface area contributed by atoms with E-state index >= 15 is 0 Å². The van der Waals surface area contributed by atoms with Crippen LogP contribution in [0.2, 0.25) is 0 Å². The molecule has 0 aromatic carbocycles. The number of allylic oxidation sites excluding steroid dienone is 10. The first kappa shape index (κ1) is 68.3. The number of phosphoric ester groups is 2. The van der Waals surface area contributed by atoms with Gasteiger partial charge in [0.1, 0.15) is 30.7 Å². The van der Waals surface area contributed by atoms with Crippen LogP contribution in [0.1, 0.15) is 181 Å². The summed E-state index contributed by atoms with van der Waals surface area (Å²) in [6.07, 6.45) is 38.8. The molecule has 3 unspecified atom stereocenters. The number of nitrogen functional groups attached to an aromatic ring is 1. The summed E-state index contributed by atoms with van der Waals surface area (Å²) in [6.45, 7) is 4.24. The Morgan fingerprint density at radius 3 is 1.92 bits per heavy atom. The van der Waals surface area contributed by atoms with Gasteiger partial charge in [-0.3, -0.25) is 23.2 Å². The zero-order chi connectivity index (χ0) is 55.9. The molecule has 1 fully saturated rings. The monoisotopic (exact) mass is 1110 g/mol. The lowest BCUT2D eigenvalue weighted by Gasteiger charge is -2.21. The highest BCUT2D eigenvalue weighted by Crippen LogP contribution is 2.60. The lowest BCUT2D eigenvalue weighted by atomic mass is 10.0. The fourth-order valence-electron chi connectivity index (χ4n) is 7.84. The Kier molecular flexibility index (Phi) is 37.0. The molecule has 1 aromatic rings. The van der Waals surface area contributed by atoms with E-state index < -0.39 is 89.8 Å². The summed E-state index contributed by atoms with van der Waals surface area (Å²) < 4.78 is 56.8. The maximum atomic E-state index is 12.9. The van der Waals surface area contributed by atoms with E-state index in [0.29, 0.717) is 32.1 Å². The second-order valence-electron chi connectivity index (χ2n) is 19.4. The highest BCUT2D eigenvalue weighted by Gasteiger charge is 2.46. The van der Waals surface area contributed by atoms with Gasteiger partial charge in [0.2, 0.25) is 0 Å². The minimum absolute atomic E-state index is 0.0233. The molecule has 7 N–H and O–H groups in total. The topological polar surface area (TPSA) is 286 Å². The van der Waals surface area contributed by atoms with Gasteiger partial charge in [0.15, 0.2) is 12.3 Å². The summed E-state index contributed by atoms with van der Waals surface area (Å²) in [5.74, 6) is -0.636. The molecule has 0 spiro atoms. The molecule has 0 saturated carbocycles. The van der Waals surface area contributed by atoms with Crippen molar-refractivity contribution in [1.82, 2.24) is 9.55 Å². The van der Waals surface area contributed by atoms with E-state index in [2.05, 4.69) is 42.2 Å². The van der Waals surface area contributed by atoms with Crippen molar-refractivity contribution in [3.63, 3.8) is 0 Å². The zero-order valence-corrected chi connectivity index (χ0v) is 47.1. The van der Waals surface area contributed by atoms with E-state index in [0.717, 1.165) is 55.2 Å². The Balaban J connectivity index is 1.82. The third-order valence-corrected chi connectivity index (χ3v) is 14.7. The van der Waals surface area contributed by atoms with Gasteiger partial charge in [0.25, 0.3) is 0 Å². The van der Waals surface area contributed by atoms with Crippen molar-refractivity contribution in [2.45, 2.75) is 212 Å². The smallest absolute Gasteiger partial charge is 0.462 e. The molecule has 432 valence electrons. The number of esters is 2. The number of aliphatic hydroxyl groups is 3. The van der Waals surface area contributed by atoms with Crippen molar-refractivity contribution < 1.29 is 71.4 Å². The number of hydrogen-bond acceptors (Lipinski definition) is 16. The number of hydrogen-bond donors (Lipinski definition) is 6. The van der Waals surface area contributed by atoms with E-state index in [4.69, 9.17) is 29.0 Å². The summed E-state index contributed by atoms with van der Waals surface area (Å²) in [6, 6.07) is 1.24. The van der Waals surface area contributed by atoms with Gasteiger partial charge < -0.3 is 45.1 Å². The molecule has 2 rings (SSSR count). The van der Waals surface area contributed by atoms with Gasteiger partial charge in [0.05, 0.1) is 19.3 Å². The van der Waals surface area contributed by atoms with Crippen LogP contribution in [0.25, 0.3) is 0 Å². The first-order valence-electron chi connectivity index (χ1n) is 27.4. The van der Waals surface area contributed by atoms with Crippen LogP contribution in [0.5, 0.6) is 0 Å².